The molecule has 0 saturated heterocycles. The number of carbonyl (C=O) groups is 1. The third-order valence-corrected chi connectivity index (χ3v) is 4.38. The summed E-state index contributed by atoms with van der Waals surface area (Å²) in [5.41, 5.74) is 0.926. The zero-order valence-electron chi connectivity index (χ0n) is 14.7. The van der Waals surface area contributed by atoms with E-state index in [9.17, 15) is 4.79 Å². The molecule has 2 aromatic heterocycles. The van der Waals surface area contributed by atoms with Gasteiger partial charge in [0.2, 0.25) is 5.88 Å². The Morgan fingerprint density at radius 3 is 2.76 bits per heavy atom. The Morgan fingerprint density at radius 2 is 2.12 bits per heavy atom. The molecule has 2 N–H and O–H groups in total. The molecule has 2 amide bonds. The van der Waals surface area contributed by atoms with Gasteiger partial charge >= 0.3 is 6.03 Å². The molecular weight excluding hydrogens is 318 g/mol. The Labute approximate surface area is 148 Å². The number of amides is 2. The fraction of sp³-hybridized carbons (Fsp3) is 0.474. The van der Waals surface area contributed by atoms with Crippen LogP contribution in [0.5, 0.6) is 5.88 Å². The lowest BCUT2D eigenvalue weighted by Crippen LogP contribution is -2.36. The van der Waals surface area contributed by atoms with Gasteiger partial charge in [0.05, 0.1) is 6.04 Å². The first-order valence-electron chi connectivity index (χ1n) is 8.82. The number of carbonyl (C=O) groups excluding carboxylic acids is 1. The maximum Gasteiger partial charge on any atom is 0.315 e. The summed E-state index contributed by atoms with van der Waals surface area (Å²) in [6.07, 6.45) is 6.73. The molecule has 1 saturated carbocycles. The van der Waals surface area contributed by atoms with E-state index in [-0.39, 0.29) is 12.1 Å². The van der Waals surface area contributed by atoms with E-state index in [0.29, 0.717) is 18.5 Å². The van der Waals surface area contributed by atoms with Crippen molar-refractivity contribution in [3.63, 3.8) is 0 Å². The number of aromatic nitrogens is 1. The van der Waals surface area contributed by atoms with Crippen molar-refractivity contribution in [2.24, 2.45) is 0 Å². The summed E-state index contributed by atoms with van der Waals surface area (Å²) in [4.78, 5) is 16.3. The highest BCUT2D eigenvalue weighted by Gasteiger charge is 2.17. The zero-order valence-corrected chi connectivity index (χ0v) is 14.7. The molecule has 1 aliphatic carbocycles. The minimum absolute atomic E-state index is 0.186. The van der Waals surface area contributed by atoms with Crippen molar-refractivity contribution >= 4 is 6.03 Å². The first-order chi connectivity index (χ1) is 12.1. The van der Waals surface area contributed by atoms with Crippen molar-refractivity contribution in [3.8, 4) is 5.88 Å². The number of urea groups is 1. The fourth-order valence-electron chi connectivity index (χ4n) is 2.95. The summed E-state index contributed by atoms with van der Waals surface area (Å²) in [6.45, 7) is 4.17. The zero-order chi connectivity index (χ0) is 17.6. The quantitative estimate of drug-likeness (QED) is 0.835. The second kappa shape index (κ2) is 8.05. The molecule has 0 bridgehead atoms. The molecule has 6 nitrogen and oxygen atoms in total. The molecule has 1 atom stereocenters. The Morgan fingerprint density at radius 1 is 1.32 bits per heavy atom. The molecule has 1 unspecified atom stereocenters. The van der Waals surface area contributed by atoms with Crippen molar-refractivity contribution in [1.29, 1.82) is 0 Å². The summed E-state index contributed by atoms with van der Waals surface area (Å²) < 4.78 is 11.3. The average Bonchev–Trinajstić information content (AvgIpc) is 3.26. The van der Waals surface area contributed by atoms with Gasteiger partial charge in [-0.1, -0.05) is 6.07 Å². The number of aryl methyl sites for hydroxylation is 1. The minimum Gasteiger partial charge on any atom is -0.474 e. The van der Waals surface area contributed by atoms with Crippen molar-refractivity contribution in [3.05, 3.63) is 47.5 Å². The predicted molar refractivity (Wildman–Crippen MR) is 94.4 cm³/mol. The minimum atomic E-state index is -0.243. The Bertz CT molecular complexity index is 690. The second-order valence-corrected chi connectivity index (χ2v) is 6.53. The molecular formula is C19H25N3O3. The molecule has 0 aromatic carbocycles. The van der Waals surface area contributed by atoms with E-state index in [4.69, 9.17) is 9.15 Å². The number of nitrogens with zero attached hydrogens (tertiary/aromatic N) is 1. The lowest BCUT2D eigenvalue weighted by Gasteiger charge is -2.13. The summed E-state index contributed by atoms with van der Waals surface area (Å²) in [5.74, 6) is 2.22. The molecule has 3 rings (SSSR count). The molecule has 0 radical (unpaired) electrons. The third kappa shape index (κ3) is 4.98. The first-order valence-corrected chi connectivity index (χ1v) is 8.82. The first kappa shape index (κ1) is 17.3. The number of hydrogen-bond donors (Lipinski definition) is 2. The van der Waals surface area contributed by atoms with Crippen LogP contribution in [0, 0.1) is 6.92 Å². The normalized spacial score (nSPS) is 15.8. The summed E-state index contributed by atoms with van der Waals surface area (Å²) in [5, 5.41) is 5.68. The maximum atomic E-state index is 12.0. The van der Waals surface area contributed by atoms with Gasteiger partial charge in [0.1, 0.15) is 17.6 Å². The third-order valence-electron chi connectivity index (χ3n) is 4.38. The van der Waals surface area contributed by atoms with Crippen LogP contribution in [0.4, 0.5) is 4.79 Å². The van der Waals surface area contributed by atoms with Crippen LogP contribution in [0.2, 0.25) is 0 Å². The van der Waals surface area contributed by atoms with E-state index in [1.54, 1.807) is 6.20 Å². The van der Waals surface area contributed by atoms with Gasteiger partial charge in [-0.05, 0) is 57.2 Å². The largest absolute Gasteiger partial charge is 0.474 e. The van der Waals surface area contributed by atoms with Crippen molar-refractivity contribution < 1.29 is 13.9 Å². The highest BCUT2D eigenvalue weighted by atomic mass is 16.5. The molecule has 1 fully saturated rings. The standard InChI is InChI=1S/C19H25N3O3/c1-13-7-9-17(24-13)14(2)22-19(23)21-12-15-8-10-18(20-11-15)25-16-5-3-4-6-16/h7-11,14,16H,3-6,12H2,1-2H3,(H2,21,22,23). The second-order valence-electron chi connectivity index (χ2n) is 6.53. The number of ether oxygens (including phenoxy) is 1. The molecule has 0 spiro atoms. The van der Waals surface area contributed by atoms with Gasteiger partial charge in [-0.2, -0.15) is 0 Å². The van der Waals surface area contributed by atoms with Gasteiger partial charge < -0.3 is 19.8 Å². The topological polar surface area (TPSA) is 76.4 Å². The summed E-state index contributed by atoms with van der Waals surface area (Å²) in [7, 11) is 0. The number of hydrogen-bond acceptors (Lipinski definition) is 4. The van der Waals surface area contributed by atoms with Gasteiger partial charge in [0.15, 0.2) is 0 Å². The SMILES string of the molecule is Cc1ccc(C(C)NC(=O)NCc2ccc(OC3CCCC3)nc2)o1. The molecule has 0 aliphatic heterocycles. The lowest BCUT2D eigenvalue weighted by atomic mass is 10.2. The van der Waals surface area contributed by atoms with E-state index in [1.165, 1.54) is 12.8 Å². The molecule has 6 heteroatoms. The lowest BCUT2D eigenvalue weighted by molar-refractivity contribution is 0.201. The average molecular weight is 343 g/mol. The highest BCUT2D eigenvalue weighted by molar-refractivity contribution is 5.74. The van der Waals surface area contributed by atoms with Crippen LogP contribution in [0.25, 0.3) is 0 Å². The van der Waals surface area contributed by atoms with Crippen LogP contribution < -0.4 is 15.4 Å². The smallest absolute Gasteiger partial charge is 0.315 e. The van der Waals surface area contributed by atoms with E-state index in [0.717, 1.165) is 29.9 Å². The molecule has 25 heavy (non-hydrogen) atoms. The number of pyridine rings is 1. The monoisotopic (exact) mass is 343 g/mol. The van der Waals surface area contributed by atoms with E-state index >= 15 is 0 Å². The van der Waals surface area contributed by atoms with Gasteiger partial charge in [0, 0.05) is 18.8 Å². The van der Waals surface area contributed by atoms with Gasteiger partial charge in [-0.25, -0.2) is 9.78 Å². The molecule has 134 valence electrons. The predicted octanol–water partition coefficient (Wildman–Crippen LogP) is 3.86. The van der Waals surface area contributed by atoms with Gasteiger partial charge in [0.25, 0.3) is 0 Å². The van der Waals surface area contributed by atoms with Gasteiger partial charge in [-0.3, -0.25) is 0 Å². The van der Waals surface area contributed by atoms with Crippen molar-refractivity contribution in [2.45, 2.75) is 58.2 Å². The van der Waals surface area contributed by atoms with E-state index in [2.05, 4.69) is 15.6 Å². The highest BCUT2D eigenvalue weighted by Crippen LogP contribution is 2.22. The van der Waals surface area contributed by atoms with Crippen LogP contribution in [-0.4, -0.2) is 17.1 Å². The summed E-state index contributed by atoms with van der Waals surface area (Å²) >= 11 is 0. The maximum absolute atomic E-state index is 12.0. The summed E-state index contributed by atoms with van der Waals surface area (Å²) in [6, 6.07) is 7.11. The fourth-order valence-corrected chi connectivity index (χ4v) is 2.95. The van der Waals surface area contributed by atoms with Crippen LogP contribution in [0.15, 0.2) is 34.9 Å². The van der Waals surface area contributed by atoms with Crippen LogP contribution in [0.1, 0.15) is 55.7 Å². The number of nitrogens with one attached hydrogen (secondary N) is 2. The van der Waals surface area contributed by atoms with E-state index < -0.39 is 0 Å². The Hall–Kier alpha value is -2.50. The number of rotatable bonds is 6. The van der Waals surface area contributed by atoms with Crippen LogP contribution in [-0.2, 0) is 6.54 Å². The number of furan rings is 1. The Kier molecular flexibility index (Phi) is 5.58. The molecule has 2 aromatic rings. The van der Waals surface area contributed by atoms with Crippen LogP contribution >= 0.6 is 0 Å². The Balaban J connectivity index is 1.43. The molecule has 1 aliphatic rings. The van der Waals surface area contributed by atoms with Gasteiger partial charge in [-0.15, -0.1) is 0 Å². The molecule has 2 heterocycles. The van der Waals surface area contributed by atoms with Crippen molar-refractivity contribution in [2.75, 3.05) is 0 Å². The van der Waals surface area contributed by atoms with Crippen LogP contribution in [0.3, 0.4) is 0 Å². The van der Waals surface area contributed by atoms with E-state index in [1.807, 2.05) is 38.1 Å². The van der Waals surface area contributed by atoms with Crippen molar-refractivity contribution in [1.82, 2.24) is 15.6 Å².